The van der Waals surface area contributed by atoms with Gasteiger partial charge in [-0.3, -0.25) is 13.9 Å². The van der Waals surface area contributed by atoms with Crippen LogP contribution < -0.4 is 9.62 Å². The molecule has 0 fully saturated rings. The van der Waals surface area contributed by atoms with Crippen LogP contribution in [0.4, 0.5) is 5.69 Å². The van der Waals surface area contributed by atoms with Crippen molar-refractivity contribution in [2.75, 3.05) is 24.2 Å². The van der Waals surface area contributed by atoms with Gasteiger partial charge >= 0.3 is 0 Å². The summed E-state index contributed by atoms with van der Waals surface area (Å²) in [5, 5.41) is 3.03. The minimum atomic E-state index is -3.93. The van der Waals surface area contributed by atoms with E-state index >= 15 is 0 Å². The molecular formula is C26H27Cl2N3O4S. The number of rotatable bonds is 10. The Bertz CT molecular complexity index is 1310. The molecule has 0 aliphatic rings. The third-order valence-electron chi connectivity index (χ3n) is 5.57. The highest BCUT2D eigenvalue weighted by atomic mass is 35.5. The number of hydrogen-bond donors (Lipinski definition) is 1. The number of hydrogen-bond acceptors (Lipinski definition) is 4. The van der Waals surface area contributed by atoms with E-state index in [1.54, 1.807) is 0 Å². The maximum atomic E-state index is 13.8. The molecule has 190 valence electrons. The lowest BCUT2D eigenvalue weighted by molar-refractivity contribution is -0.139. The van der Waals surface area contributed by atoms with E-state index in [0.717, 1.165) is 21.7 Å². The Balaban J connectivity index is 2.03. The fourth-order valence-electron chi connectivity index (χ4n) is 3.77. The van der Waals surface area contributed by atoms with Gasteiger partial charge < -0.3 is 10.2 Å². The van der Waals surface area contributed by atoms with Crippen molar-refractivity contribution in [3.63, 3.8) is 0 Å². The molecule has 3 aromatic rings. The molecule has 36 heavy (non-hydrogen) atoms. The van der Waals surface area contributed by atoms with Gasteiger partial charge in [0, 0.05) is 25.0 Å². The number of anilines is 1. The zero-order valence-electron chi connectivity index (χ0n) is 19.9. The minimum absolute atomic E-state index is 0.0826. The monoisotopic (exact) mass is 547 g/mol. The number of nitrogens with one attached hydrogen (secondary N) is 1. The number of nitrogens with zero attached hydrogens (tertiary/aromatic N) is 2. The van der Waals surface area contributed by atoms with Crippen LogP contribution in [0.2, 0.25) is 10.0 Å². The SMILES string of the molecule is CNC(=O)[C@@H](Cc1ccccc1)N(Cc1ccccc1)C(=O)CN(c1cc(Cl)ccc1Cl)S(C)(=O)=O. The lowest BCUT2D eigenvalue weighted by Crippen LogP contribution is -2.52. The number of amides is 2. The van der Waals surface area contributed by atoms with Gasteiger partial charge in [-0.1, -0.05) is 83.9 Å². The molecule has 0 saturated carbocycles. The van der Waals surface area contributed by atoms with Crippen LogP contribution in [0.15, 0.2) is 78.9 Å². The molecule has 0 aliphatic heterocycles. The predicted molar refractivity (Wildman–Crippen MR) is 144 cm³/mol. The summed E-state index contributed by atoms with van der Waals surface area (Å²) < 4.78 is 26.4. The third kappa shape index (κ3) is 7.22. The summed E-state index contributed by atoms with van der Waals surface area (Å²) in [6.45, 7) is -0.459. The van der Waals surface area contributed by atoms with Crippen molar-refractivity contribution in [1.82, 2.24) is 10.2 Å². The molecule has 0 saturated heterocycles. The smallest absolute Gasteiger partial charge is 0.244 e. The van der Waals surface area contributed by atoms with Gasteiger partial charge in [-0.05, 0) is 29.3 Å². The van der Waals surface area contributed by atoms with Crippen LogP contribution in [0, 0.1) is 0 Å². The van der Waals surface area contributed by atoms with E-state index in [9.17, 15) is 18.0 Å². The molecule has 10 heteroatoms. The Morgan fingerprint density at radius 3 is 2.06 bits per heavy atom. The number of sulfonamides is 1. The summed E-state index contributed by atoms with van der Waals surface area (Å²) in [6.07, 6.45) is 1.23. The summed E-state index contributed by atoms with van der Waals surface area (Å²) in [4.78, 5) is 28.2. The van der Waals surface area contributed by atoms with E-state index in [1.165, 1.54) is 30.1 Å². The largest absolute Gasteiger partial charge is 0.357 e. The number of likely N-dealkylation sites (N-methyl/N-ethyl adjacent to an activating group) is 1. The standard InChI is InChI=1S/C26H27Cl2N3O4S/c1-29-26(33)24(15-19-9-5-3-6-10-19)30(17-20-11-7-4-8-12-20)25(32)18-31(36(2,34)35)23-16-21(27)13-14-22(23)28/h3-14,16,24H,15,17-18H2,1-2H3,(H,29,33)/t24-/m1/s1. The zero-order chi connectivity index (χ0) is 26.3. The Morgan fingerprint density at radius 1 is 0.917 bits per heavy atom. The minimum Gasteiger partial charge on any atom is -0.357 e. The van der Waals surface area contributed by atoms with Crippen LogP contribution in [0.1, 0.15) is 11.1 Å². The number of benzene rings is 3. The first kappa shape index (κ1) is 27.5. The average molecular weight is 548 g/mol. The fourth-order valence-corrected chi connectivity index (χ4v) is 5.06. The van der Waals surface area contributed by atoms with E-state index in [2.05, 4.69) is 5.32 Å². The van der Waals surface area contributed by atoms with E-state index < -0.39 is 28.5 Å². The number of carbonyl (C=O) groups excluding carboxylic acids is 2. The lowest BCUT2D eigenvalue weighted by atomic mass is 10.0. The second kappa shape index (κ2) is 12.3. The quantitative estimate of drug-likeness (QED) is 0.413. The molecule has 7 nitrogen and oxygen atoms in total. The van der Waals surface area contributed by atoms with Crippen molar-refractivity contribution < 1.29 is 18.0 Å². The molecule has 2 amide bonds. The van der Waals surface area contributed by atoms with Gasteiger partial charge in [0.05, 0.1) is 17.0 Å². The summed E-state index contributed by atoms with van der Waals surface area (Å²) in [5.74, 6) is -0.931. The highest BCUT2D eigenvalue weighted by molar-refractivity contribution is 7.92. The van der Waals surface area contributed by atoms with Gasteiger partial charge in [0.2, 0.25) is 21.8 Å². The maximum absolute atomic E-state index is 13.8. The van der Waals surface area contributed by atoms with Crippen LogP contribution >= 0.6 is 23.2 Å². The Hall–Kier alpha value is -3.07. The van der Waals surface area contributed by atoms with Crippen molar-refractivity contribution in [2.45, 2.75) is 19.0 Å². The van der Waals surface area contributed by atoms with Crippen LogP contribution in [-0.2, 0) is 32.6 Å². The Kier molecular flexibility index (Phi) is 9.37. The molecule has 1 atom stereocenters. The first-order chi connectivity index (χ1) is 17.1. The fraction of sp³-hybridized carbons (Fsp3) is 0.231. The molecule has 1 N–H and O–H groups in total. The van der Waals surface area contributed by atoms with Crippen LogP contribution in [0.3, 0.4) is 0 Å². The zero-order valence-corrected chi connectivity index (χ0v) is 22.2. The lowest BCUT2D eigenvalue weighted by Gasteiger charge is -2.33. The van der Waals surface area contributed by atoms with Crippen molar-refractivity contribution in [2.24, 2.45) is 0 Å². The van der Waals surface area contributed by atoms with E-state index in [0.29, 0.717) is 0 Å². The molecule has 0 aromatic heterocycles. The topological polar surface area (TPSA) is 86.8 Å². The first-order valence-corrected chi connectivity index (χ1v) is 13.7. The Labute approximate surface area is 221 Å². The van der Waals surface area contributed by atoms with Crippen molar-refractivity contribution in [3.05, 3.63) is 100 Å². The molecule has 3 aromatic carbocycles. The predicted octanol–water partition coefficient (Wildman–Crippen LogP) is 4.15. The summed E-state index contributed by atoms with van der Waals surface area (Å²) >= 11 is 12.4. The molecule has 0 unspecified atom stereocenters. The molecule has 0 aliphatic carbocycles. The molecule has 0 radical (unpaired) electrons. The van der Waals surface area contributed by atoms with Crippen molar-refractivity contribution in [1.29, 1.82) is 0 Å². The van der Waals surface area contributed by atoms with Gasteiger partial charge in [-0.25, -0.2) is 8.42 Å². The second-order valence-corrected chi connectivity index (χ2v) is 10.9. The van der Waals surface area contributed by atoms with Crippen LogP contribution in [-0.4, -0.2) is 51.0 Å². The average Bonchev–Trinajstić information content (AvgIpc) is 2.86. The van der Waals surface area contributed by atoms with Crippen molar-refractivity contribution >= 4 is 50.7 Å². The van der Waals surface area contributed by atoms with Gasteiger partial charge in [-0.2, -0.15) is 0 Å². The number of halogens is 2. The highest BCUT2D eigenvalue weighted by Gasteiger charge is 2.33. The number of carbonyl (C=O) groups is 2. The van der Waals surface area contributed by atoms with Gasteiger partial charge in [0.25, 0.3) is 0 Å². The Morgan fingerprint density at radius 2 is 1.50 bits per heavy atom. The van der Waals surface area contributed by atoms with Gasteiger partial charge in [-0.15, -0.1) is 0 Å². The summed E-state index contributed by atoms with van der Waals surface area (Å²) in [5.41, 5.74) is 1.73. The van der Waals surface area contributed by atoms with Gasteiger partial charge in [0.15, 0.2) is 0 Å². The molecule has 0 spiro atoms. The maximum Gasteiger partial charge on any atom is 0.244 e. The molecule has 0 heterocycles. The highest BCUT2D eigenvalue weighted by Crippen LogP contribution is 2.31. The van der Waals surface area contributed by atoms with E-state index in [-0.39, 0.29) is 34.6 Å². The van der Waals surface area contributed by atoms with E-state index in [4.69, 9.17) is 23.2 Å². The van der Waals surface area contributed by atoms with E-state index in [1.807, 2.05) is 60.7 Å². The molecule has 3 rings (SSSR count). The molecular weight excluding hydrogens is 521 g/mol. The van der Waals surface area contributed by atoms with Crippen LogP contribution in [0.25, 0.3) is 0 Å². The second-order valence-electron chi connectivity index (χ2n) is 8.19. The van der Waals surface area contributed by atoms with Crippen molar-refractivity contribution in [3.8, 4) is 0 Å². The first-order valence-electron chi connectivity index (χ1n) is 11.1. The molecule has 0 bridgehead atoms. The summed E-state index contributed by atoms with van der Waals surface area (Å²) in [7, 11) is -2.43. The normalized spacial score (nSPS) is 12.0. The van der Waals surface area contributed by atoms with Gasteiger partial charge in [0.1, 0.15) is 12.6 Å². The third-order valence-corrected chi connectivity index (χ3v) is 7.25. The van der Waals surface area contributed by atoms with Crippen LogP contribution in [0.5, 0.6) is 0 Å². The summed E-state index contributed by atoms with van der Waals surface area (Å²) in [6, 6.07) is 22.0.